The molecule has 1 heterocycles. The molecule has 4 rings (SSSR count). The van der Waals surface area contributed by atoms with E-state index in [-0.39, 0.29) is 17.5 Å². The molecule has 0 radical (unpaired) electrons. The predicted molar refractivity (Wildman–Crippen MR) is 148 cm³/mol. The van der Waals surface area contributed by atoms with Gasteiger partial charge in [-0.25, -0.2) is 4.98 Å². The van der Waals surface area contributed by atoms with Gasteiger partial charge in [0.2, 0.25) is 0 Å². The smallest absolute Gasteiger partial charge is 0.172 e. The highest BCUT2D eigenvalue weighted by molar-refractivity contribution is 7.15. The number of Topliss-reactive ketones (excluding diaryl/α,β-unsaturated/α-hetero) is 2. The molecule has 0 aliphatic heterocycles. The lowest BCUT2D eigenvalue weighted by Gasteiger charge is -2.24. The molecule has 36 heavy (non-hydrogen) atoms. The van der Waals surface area contributed by atoms with Crippen LogP contribution in [0.15, 0.2) is 60.7 Å². The molecule has 0 unspecified atom stereocenters. The van der Waals surface area contributed by atoms with Crippen molar-refractivity contribution in [1.82, 2.24) is 4.98 Å². The lowest BCUT2D eigenvalue weighted by atomic mass is 10.0. The highest BCUT2D eigenvalue weighted by Gasteiger charge is 2.26. The Bertz CT molecular complexity index is 1430. The summed E-state index contributed by atoms with van der Waals surface area (Å²) in [6.07, 6.45) is 1.07. The van der Waals surface area contributed by atoms with Crippen molar-refractivity contribution in [3.63, 3.8) is 0 Å². The Kier molecular flexibility index (Phi) is 7.41. The number of fused-ring (bicyclic) bond motifs is 1. The lowest BCUT2D eigenvalue weighted by Crippen LogP contribution is -2.36. The minimum atomic E-state index is -0.904. The van der Waals surface area contributed by atoms with Gasteiger partial charge in [0.1, 0.15) is 10.8 Å². The van der Waals surface area contributed by atoms with E-state index in [9.17, 15) is 9.59 Å². The summed E-state index contributed by atoms with van der Waals surface area (Å²) in [5.74, 6) is 0.946. The van der Waals surface area contributed by atoms with E-state index in [2.05, 4.69) is 50.2 Å². The van der Waals surface area contributed by atoms with E-state index >= 15 is 0 Å². The zero-order chi connectivity index (χ0) is 26.0. The van der Waals surface area contributed by atoms with Crippen LogP contribution in [-0.2, 0) is 11.2 Å². The normalized spacial score (nSPS) is 11.8. The third kappa shape index (κ3) is 5.57. The van der Waals surface area contributed by atoms with Crippen LogP contribution in [0, 0.1) is 6.92 Å². The van der Waals surface area contributed by atoms with Crippen LogP contribution in [0.2, 0.25) is 0 Å². The highest BCUT2D eigenvalue weighted by atomic mass is 32.1. The Morgan fingerprint density at radius 3 is 2.39 bits per heavy atom. The van der Waals surface area contributed by atoms with Crippen LogP contribution in [0.1, 0.15) is 73.4 Å². The monoisotopic (exact) mass is 499 g/mol. The van der Waals surface area contributed by atoms with Gasteiger partial charge in [-0.15, -0.1) is 11.3 Å². The van der Waals surface area contributed by atoms with E-state index in [1.54, 1.807) is 37.3 Å². The van der Waals surface area contributed by atoms with E-state index in [1.165, 1.54) is 22.6 Å². The molecule has 0 aliphatic rings. The number of ether oxygens (including phenoxy) is 1. The predicted octanol–water partition coefficient (Wildman–Crippen LogP) is 7.96. The van der Waals surface area contributed by atoms with Gasteiger partial charge in [-0.3, -0.25) is 9.59 Å². The van der Waals surface area contributed by atoms with E-state index in [4.69, 9.17) is 9.72 Å². The summed E-state index contributed by atoms with van der Waals surface area (Å²) in [6, 6.07) is 20.2. The summed E-state index contributed by atoms with van der Waals surface area (Å²) in [5.41, 5.74) is 2.78. The van der Waals surface area contributed by atoms with Crippen LogP contribution < -0.4 is 4.74 Å². The maximum absolute atomic E-state index is 13.1. The van der Waals surface area contributed by atoms with Crippen molar-refractivity contribution in [3.8, 4) is 16.3 Å². The molecule has 3 aromatic carbocycles. The standard InChI is InChI=1S/C31H33NO3S/c1-19(2)29-28(36-30(32-29)25-12-11-22-9-7-8-10-23(22)18-25)16-14-26(34)24-13-15-27(20(3)17-24)35-31(5,6)21(4)33/h7-13,15,17-19H,14,16H2,1-6H3. The van der Waals surface area contributed by atoms with Crippen molar-refractivity contribution in [2.75, 3.05) is 0 Å². The molecule has 0 aliphatic carbocycles. The molecule has 5 heteroatoms. The molecule has 0 bridgehead atoms. The first-order chi connectivity index (χ1) is 17.0. The molecular formula is C31H33NO3S. The number of nitrogens with zero attached hydrogens (tertiary/aromatic N) is 1. The average Bonchev–Trinajstić information content (AvgIpc) is 3.28. The van der Waals surface area contributed by atoms with E-state index in [1.807, 2.05) is 19.1 Å². The van der Waals surface area contributed by atoms with Crippen LogP contribution in [0.5, 0.6) is 5.75 Å². The summed E-state index contributed by atoms with van der Waals surface area (Å²) < 4.78 is 5.90. The maximum Gasteiger partial charge on any atom is 0.172 e. The summed E-state index contributed by atoms with van der Waals surface area (Å²) in [4.78, 5) is 31.0. The molecule has 0 saturated heterocycles. The molecule has 0 spiro atoms. The fourth-order valence-electron chi connectivity index (χ4n) is 4.10. The molecule has 4 aromatic rings. The van der Waals surface area contributed by atoms with Crippen LogP contribution in [0.4, 0.5) is 0 Å². The first kappa shape index (κ1) is 25.8. The van der Waals surface area contributed by atoms with Crippen LogP contribution in [-0.4, -0.2) is 22.2 Å². The molecule has 0 fully saturated rings. The summed E-state index contributed by atoms with van der Waals surface area (Å²) in [7, 11) is 0. The fourth-order valence-corrected chi connectivity index (χ4v) is 5.31. The van der Waals surface area contributed by atoms with E-state index in [0.29, 0.717) is 24.2 Å². The van der Waals surface area contributed by atoms with Gasteiger partial charge in [-0.2, -0.15) is 0 Å². The minimum absolute atomic E-state index is 0.0457. The second-order valence-electron chi connectivity index (χ2n) is 10.1. The molecule has 4 nitrogen and oxygen atoms in total. The van der Waals surface area contributed by atoms with Gasteiger partial charge >= 0.3 is 0 Å². The quantitative estimate of drug-likeness (QED) is 0.219. The van der Waals surface area contributed by atoms with Crippen molar-refractivity contribution in [2.45, 2.75) is 65.9 Å². The fraction of sp³-hybridized carbons (Fsp3) is 0.323. The van der Waals surface area contributed by atoms with Crippen LogP contribution in [0.3, 0.4) is 0 Å². The molecule has 0 atom stereocenters. The number of thiazole rings is 1. The minimum Gasteiger partial charge on any atom is -0.480 e. The molecular weight excluding hydrogens is 466 g/mol. The van der Waals surface area contributed by atoms with E-state index in [0.717, 1.165) is 21.8 Å². The molecule has 0 amide bonds. The summed E-state index contributed by atoms with van der Waals surface area (Å²) in [5, 5.41) is 3.41. The number of benzene rings is 3. The van der Waals surface area contributed by atoms with Gasteiger partial charge in [-0.1, -0.05) is 50.2 Å². The average molecular weight is 500 g/mol. The summed E-state index contributed by atoms with van der Waals surface area (Å²) in [6.45, 7) is 11.2. The molecule has 0 N–H and O–H groups in total. The number of aryl methyl sites for hydroxylation is 2. The van der Waals surface area contributed by atoms with Crippen molar-refractivity contribution >= 4 is 33.7 Å². The van der Waals surface area contributed by atoms with Gasteiger partial charge in [0, 0.05) is 22.4 Å². The number of carbonyl (C=O) groups is 2. The van der Waals surface area contributed by atoms with E-state index < -0.39 is 5.60 Å². The van der Waals surface area contributed by atoms with Gasteiger partial charge in [-0.05, 0) is 80.6 Å². The van der Waals surface area contributed by atoms with Crippen LogP contribution >= 0.6 is 11.3 Å². The number of carbonyl (C=O) groups excluding carboxylic acids is 2. The summed E-state index contributed by atoms with van der Waals surface area (Å²) >= 11 is 1.69. The number of aromatic nitrogens is 1. The first-order valence-corrected chi connectivity index (χ1v) is 13.2. The largest absolute Gasteiger partial charge is 0.480 e. The van der Waals surface area contributed by atoms with Gasteiger partial charge in [0.05, 0.1) is 5.69 Å². The Hall–Kier alpha value is -3.31. The number of hydrogen-bond donors (Lipinski definition) is 0. The number of ketones is 2. The number of rotatable bonds is 9. The first-order valence-electron chi connectivity index (χ1n) is 12.4. The van der Waals surface area contributed by atoms with Gasteiger partial charge < -0.3 is 4.74 Å². The molecule has 1 aromatic heterocycles. The number of hydrogen-bond acceptors (Lipinski definition) is 5. The van der Waals surface area contributed by atoms with Crippen molar-refractivity contribution in [1.29, 1.82) is 0 Å². The topological polar surface area (TPSA) is 56.3 Å². The van der Waals surface area contributed by atoms with Crippen molar-refractivity contribution in [2.24, 2.45) is 0 Å². The Morgan fingerprint density at radius 1 is 1.00 bits per heavy atom. The zero-order valence-corrected chi connectivity index (χ0v) is 22.7. The molecule has 0 saturated carbocycles. The maximum atomic E-state index is 13.1. The Morgan fingerprint density at radius 2 is 1.72 bits per heavy atom. The zero-order valence-electron chi connectivity index (χ0n) is 21.8. The lowest BCUT2D eigenvalue weighted by molar-refractivity contribution is -0.129. The second-order valence-corrected chi connectivity index (χ2v) is 11.2. The third-order valence-corrected chi connectivity index (χ3v) is 7.74. The Balaban J connectivity index is 1.51. The Labute approximate surface area is 217 Å². The highest BCUT2D eigenvalue weighted by Crippen LogP contribution is 2.34. The second kappa shape index (κ2) is 10.4. The van der Waals surface area contributed by atoms with Gasteiger partial charge in [0.15, 0.2) is 17.2 Å². The molecule has 186 valence electrons. The SMILES string of the molecule is CC(=O)C(C)(C)Oc1ccc(C(=O)CCc2sc(-c3ccc4ccccc4c3)nc2C(C)C)cc1C. The van der Waals surface area contributed by atoms with Crippen LogP contribution in [0.25, 0.3) is 21.3 Å². The van der Waals surface area contributed by atoms with Gasteiger partial charge in [0.25, 0.3) is 0 Å². The van der Waals surface area contributed by atoms with Crippen molar-refractivity contribution in [3.05, 3.63) is 82.4 Å². The van der Waals surface area contributed by atoms with Crippen molar-refractivity contribution < 1.29 is 14.3 Å². The third-order valence-electron chi connectivity index (χ3n) is 6.56.